The van der Waals surface area contributed by atoms with E-state index in [1.807, 2.05) is 10.7 Å². The molecule has 0 radical (unpaired) electrons. The van der Waals surface area contributed by atoms with Gasteiger partial charge in [0.1, 0.15) is 5.69 Å². The van der Waals surface area contributed by atoms with Crippen LogP contribution in [0.3, 0.4) is 0 Å². The molecule has 0 saturated heterocycles. The second-order valence-electron chi connectivity index (χ2n) is 5.84. The van der Waals surface area contributed by atoms with Crippen molar-refractivity contribution < 1.29 is 5.11 Å². The van der Waals surface area contributed by atoms with E-state index in [-0.39, 0.29) is 18.1 Å². The van der Waals surface area contributed by atoms with E-state index in [9.17, 15) is 4.79 Å². The maximum atomic E-state index is 12.4. The molecule has 1 aromatic heterocycles. The highest BCUT2D eigenvalue weighted by atomic mass is 16.3. The molecule has 2 aromatic rings. The molecule has 0 spiro atoms. The van der Waals surface area contributed by atoms with Gasteiger partial charge < -0.3 is 5.11 Å². The molecule has 0 aliphatic heterocycles. The first-order valence-electron chi connectivity index (χ1n) is 7.28. The fraction of sp³-hybridized carbons (Fsp3) is 0.500. The molecule has 1 fully saturated rings. The molecule has 0 atom stereocenters. The average molecular weight is 272 g/mol. The van der Waals surface area contributed by atoms with Gasteiger partial charge in [0.05, 0.1) is 5.52 Å². The molecule has 1 saturated carbocycles. The normalized spacial score (nSPS) is 15.2. The highest BCUT2D eigenvalue weighted by Gasteiger charge is 2.24. The van der Waals surface area contributed by atoms with E-state index in [2.05, 4.69) is 31.1 Å². The molecule has 3 rings (SSSR count). The maximum absolute atomic E-state index is 12.4. The van der Waals surface area contributed by atoms with Crippen LogP contribution in [-0.4, -0.2) is 21.5 Å². The Bertz CT molecular complexity index is 699. The molecule has 1 N–H and O–H groups in total. The van der Waals surface area contributed by atoms with Crippen LogP contribution in [0.4, 0.5) is 0 Å². The SMILES string of the molecule is CC(C)n1nc(CCO)c(=O)c2ccc(C3CC3)cc21. The molecule has 4 heteroatoms. The van der Waals surface area contributed by atoms with Crippen LogP contribution in [-0.2, 0) is 6.42 Å². The van der Waals surface area contributed by atoms with Crippen molar-refractivity contribution in [2.24, 2.45) is 0 Å². The third-order valence-electron chi connectivity index (χ3n) is 3.89. The van der Waals surface area contributed by atoms with Crippen LogP contribution in [0.15, 0.2) is 23.0 Å². The Morgan fingerprint density at radius 3 is 2.75 bits per heavy atom. The summed E-state index contributed by atoms with van der Waals surface area (Å²) in [6.07, 6.45) is 2.80. The molecule has 1 aliphatic carbocycles. The van der Waals surface area contributed by atoms with Gasteiger partial charge >= 0.3 is 0 Å². The number of nitrogens with zero attached hydrogens (tertiary/aromatic N) is 2. The van der Waals surface area contributed by atoms with Crippen molar-refractivity contribution in [3.63, 3.8) is 0 Å². The number of aliphatic hydroxyl groups excluding tert-OH is 1. The summed E-state index contributed by atoms with van der Waals surface area (Å²) in [5.74, 6) is 0.659. The molecular formula is C16H20N2O2. The van der Waals surface area contributed by atoms with Gasteiger partial charge in [-0.25, -0.2) is 0 Å². The second-order valence-corrected chi connectivity index (χ2v) is 5.84. The van der Waals surface area contributed by atoms with Gasteiger partial charge in [-0.15, -0.1) is 0 Å². The predicted molar refractivity (Wildman–Crippen MR) is 79.2 cm³/mol. The third-order valence-corrected chi connectivity index (χ3v) is 3.89. The average Bonchev–Trinajstić information content (AvgIpc) is 3.25. The number of benzene rings is 1. The topological polar surface area (TPSA) is 55.1 Å². The summed E-state index contributed by atoms with van der Waals surface area (Å²) < 4.78 is 1.91. The number of aromatic nitrogens is 2. The first kappa shape index (κ1) is 13.3. The van der Waals surface area contributed by atoms with E-state index in [0.29, 0.717) is 23.4 Å². The third kappa shape index (κ3) is 2.24. The van der Waals surface area contributed by atoms with Crippen molar-refractivity contribution >= 4 is 10.9 Å². The van der Waals surface area contributed by atoms with Gasteiger partial charge in [-0.05, 0) is 50.3 Å². The fourth-order valence-corrected chi connectivity index (χ4v) is 2.65. The van der Waals surface area contributed by atoms with Gasteiger partial charge in [0.15, 0.2) is 0 Å². The van der Waals surface area contributed by atoms with Gasteiger partial charge in [0, 0.05) is 24.5 Å². The highest BCUT2D eigenvalue weighted by Crippen LogP contribution is 2.40. The lowest BCUT2D eigenvalue weighted by molar-refractivity contribution is 0.296. The van der Waals surface area contributed by atoms with Gasteiger partial charge in [-0.3, -0.25) is 9.48 Å². The highest BCUT2D eigenvalue weighted by molar-refractivity contribution is 5.80. The van der Waals surface area contributed by atoms with Crippen LogP contribution < -0.4 is 5.43 Å². The van der Waals surface area contributed by atoms with Crippen molar-refractivity contribution in [2.45, 2.75) is 45.1 Å². The smallest absolute Gasteiger partial charge is 0.211 e. The Morgan fingerprint density at radius 1 is 1.40 bits per heavy atom. The van der Waals surface area contributed by atoms with E-state index in [1.54, 1.807) is 0 Å². The largest absolute Gasteiger partial charge is 0.396 e. The minimum atomic E-state index is -0.0496. The number of hydrogen-bond acceptors (Lipinski definition) is 3. The quantitative estimate of drug-likeness (QED) is 0.929. The van der Waals surface area contributed by atoms with Gasteiger partial charge in [0.2, 0.25) is 5.43 Å². The molecule has 1 aromatic carbocycles. The molecule has 1 aliphatic rings. The lowest BCUT2D eigenvalue weighted by atomic mass is 10.1. The molecule has 20 heavy (non-hydrogen) atoms. The van der Waals surface area contributed by atoms with Crippen LogP contribution in [0.5, 0.6) is 0 Å². The molecule has 4 nitrogen and oxygen atoms in total. The number of fused-ring (bicyclic) bond motifs is 1. The summed E-state index contributed by atoms with van der Waals surface area (Å²) in [4.78, 5) is 12.4. The van der Waals surface area contributed by atoms with Gasteiger partial charge in [-0.2, -0.15) is 5.10 Å². The molecule has 0 unspecified atom stereocenters. The van der Waals surface area contributed by atoms with E-state index in [1.165, 1.54) is 18.4 Å². The first-order valence-corrected chi connectivity index (χ1v) is 7.28. The second kappa shape index (κ2) is 5.02. The molecule has 1 heterocycles. The monoisotopic (exact) mass is 272 g/mol. The Labute approximate surface area is 118 Å². The Kier molecular flexibility index (Phi) is 3.34. The first-order chi connectivity index (χ1) is 9.61. The van der Waals surface area contributed by atoms with Gasteiger partial charge in [0.25, 0.3) is 0 Å². The zero-order valence-electron chi connectivity index (χ0n) is 12.0. The fourth-order valence-electron chi connectivity index (χ4n) is 2.65. The summed E-state index contributed by atoms with van der Waals surface area (Å²) >= 11 is 0. The zero-order valence-corrected chi connectivity index (χ0v) is 12.0. The Hall–Kier alpha value is -1.68. The van der Waals surface area contributed by atoms with E-state index in [0.717, 1.165) is 5.52 Å². The van der Waals surface area contributed by atoms with Crippen LogP contribution in [0, 0.1) is 0 Å². The van der Waals surface area contributed by atoms with Crippen molar-refractivity contribution in [1.29, 1.82) is 0 Å². The van der Waals surface area contributed by atoms with E-state index >= 15 is 0 Å². The summed E-state index contributed by atoms with van der Waals surface area (Å²) in [5, 5.41) is 14.2. The van der Waals surface area contributed by atoms with Gasteiger partial charge in [-0.1, -0.05) is 6.07 Å². The van der Waals surface area contributed by atoms with Crippen LogP contribution in [0.2, 0.25) is 0 Å². The standard InChI is InChI=1S/C16H20N2O2/c1-10(2)18-15-9-12(11-3-4-11)5-6-13(15)16(20)14(17-18)7-8-19/h5-6,9-11,19H,3-4,7-8H2,1-2H3. The Morgan fingerprint density at radius 2 is 2.15 bits per heavy atom. The van der Waals surface area contributed by atoms with E-state index in [4.69, 9.17) is 5.11 Å². The lowest BCUT2D eigenvalue weighted by Gasteiger charge is -2.16. The van der Waals surface area contributed by atoms with Crippen LogP contribution >= 0.6 is 0 Å². The summed E-state index contributed by atoms with van der Waals surface area (Å²) in [6, 6.07) is 6.29. The molecular weight excluding hydrogens is 252 g/mol. The zero-order chi connectivity index (χ0) is 14.3. The van der Waals surface area contributed by atoms with Crippen LogP contribution in [0.25, 0.3) is 10.9 Å². The minimum Gasteiger partial charge on any atom is -0.396 e. The molecule has 106 valence electrons. The van der Waals surface area contributed by atoms with Crippen LogP contribution in [0.1, 0.15) is 49.9 Å². The Balaban J connectivity index is 2.26. The molecule has 0 amide bonds. The van der Waals surface area contributed by atoms with Crippen molar-refractivity contribution in [3.8, 4) is 0 Å². The molecule has 0 bridgehead atoms. The number of rotatable bonds is 4. The number of aliphatic hydroxyl groups is 1. The van der Waals surface area contributed by atoms with Crippen molar-refractivity contribution in [3.05, 3.63) is 39.7 Å². The van der Waals surface area contributed by atoms with E-state index < -0.39 is 0 Å². The van der Waals surface area contributed by atoms with Crippen molar-refractivity contribution in [1.82, 2.24) is 9.78 Å². The minimum absolute atomic E-state index is 0.0479. The predicted octanol–water partition coefficient (Wildman–Crippen LogP) is 2.39. The summed E-state index contributed by atoms with van der Waals surface area (Å²) in [7, 11) is 0. The maximum Gasteiger partial charge on any atom is 0.211 e. The number of hydrogen-bond donors (Lipinski definition) is 1. The summed E-state index contributed by atoms with van der Waals surface area (Å²) in [6.45, 7) is 4.07. The lowest BCUT2D eigenvalue weighted by Crippen LogP contribution is -2.21. The van der Waals surface area contributed by atoms with Crippen molar-refractivity contribution in [2.75, 3.05) is 6.61 Å². The summed E-state index contributed by atoms with van der Waals surface area (Å²) in [5.41, 5.74) is 2.63.